The molecule has 0 aliphatic carbocycles. The molecule has 0 atom stereocenters. The van der Waals surface area contributed by atoms with E-state index in [2.05, 4.69) is 0 Å². The van der Waals surface area contributed by atoms with Crippen LogP contribution in [0.5, 0.6) is 5.75 Å². The van der Waals surface area contributed by atoms with E-state index in [1.807, 2.05) is 22.6 Å². The van der Waals surface area contributed by atoms with Crippen molar-refractivity contribution in [1.82, 2.24) is 0 Å². The van der Waals surface area contributed by atoms with Crippen LogP contribution in [0.15, 0.2) is 24.3 Å². The molecule has 0 saturated heterocycles. The molecule has 5 heteroatoms. The minimum absolute atomic E-state index is 0.0549. The van der Waals surface area contributed by atoms with Crippen molar-refractivity contribution < 1.29 is 19.4 Å². The number of ether oxygens (including phenoxy) is 1. The Balaban J connectivity index is 2.73. The highest BCUT2D eigenvalue weighted by Crippen LogP contribution is 2.12. The van der Waals surface area contributed by atoms with E-state index in [-0.39, 0.29) is 16.0 Å². The maximum atomic E-state index is 10.8. The molecule has 4 nitrogen and oxygen atoms in total. The SMILES string of the molecule is O=C(CI)Oc1ccc(C(=O)[O-])cc1. The van der Waals surface area contributed by atoms with Gasteiger partial charge in [-0.1, -0.05) is 22.6 Å². The first-order valence-corrected chi connectivity index (χ1v) is 5.24. The number of carbonyl (C=O) groups is 2. The van der Waals surface area contributed by atoms with E-state index >= 15 is 0 Å². The minimum Gasteiger partial charge on any atom is -0.545 e. The summed E-state index contributed by atoms with van der Waals surface area (Å²) in [5.41, 5.74) is 0.0549. The Morgan fingerprint density at radius 3 is 2.29 bits per heavy atom. The average molecular weight is 305 g/mol. The summed E-state index contributed by atoms with van der Waals surface area (Å²) in [5, 5.41) is 10.4. The highest BCUT2D eigenvalue weighted by molar-refractivity contribution is 14.1. The van der Waals surface area contributed by atoms with E-state index in [0.29, 0.717) is 5.75 Å². The number of rotatable bonds is 3. The van der Waals surface area contributed by atoms with Crippen molar-refractivity contribution in [3.63, 3.8) is 0 Å². The molecule has 0 N–H and O–H groups in total. The fourth-order valence-corrected chi connectivity index (χ4v) is 0.973. The minimum atomic E-state index is -1.25. The van der Waals surface area contributed by atoms with Crippen molar-refractivity contribution in [3.8, 4) is 5.75 Å². The van der Waals surface area contributed by atoms with Crippen molar-refractivity contribution in [2.45, 2.75) is 0 Å². The van der Waals surface area contributed by atoms with Gasteiger partial charge in [-0.15, -0.1) is 0 Å². The topological polar surface area (TPSA) is 66.4 Å². The summed E-state index contributed by atoms with van der Waals surface area (Å²) < 4.78 is 5.09. The van der Waals surface area contributed by atoms with Gasteiger partial charge in [0.25, 0.3) is 0 Å². The average Bonchev–Trinajstić information content (AvgIpc) is 2.18. The number of carboxylic acids is 1. The second-order valence-electron chi connectivity index (χ2n) is 2.42. The molecule has 1 aromatic rings. The number of hydrogen-bond acceptors (Lipinski definition) is 4. The summed E-state index contributed by atoms with van der Waals surface area (Å²) in [5.74, 6) is -1.29. The molecule has 14 heavy (non-hydrogen) atoms. The van der Waals surface area contributed by atoms with Crippen LogP contribution in [-0.4, -0.2) is 16.4 Å². The lowest BCUT2D eigenvalue weighted by atomic mass is 10.2. The molecule has 0 aliphatic rings. The first kappa shape index (κ1) is 11.0. The molecule has 1 rings (SSSR count). The third kappa shape index (κ3) is 2.99. The molecule has 1 aromatic carbocycles. The van der Waals surface area contributed by atoms with Crippen LogP contribution in [0.4, 0.5) is 0 Å². The quantitative estimate of drug-likeness (QED) is 0.351. The standard InChI is InChI=1S/C9H7IO4/c10-5-8(11)14-7-3-1-6(2-4-7)9(12)13/h1-4H,5H2,(H,12,13)/p-1. The largest absolute Gasteiger partial charge is 0.545 e. The van der Waals surface area contributed by atoms with E-state index in [4.69, 9.17) is 4.74 Å². The second-order valence-corrected chi connectivity index (χ2v) is 3.18. The van der Waals surface area contributed by atoms with E-state index in [9.17, 15) is 14.7 Å². The summed E-state index contributed by atoms with van der Waals surface area (Å²) in [6, 6.07) is 5.47. The number of alkyl halides is 1. The Morgan fingerprint density at radius 2 is 1.86 bits per heavy atom. The van der Waals surface area contributed by atoms with Crippen LogP contribution < -0.4 is 9.84 Å². The first-order chi connectivity index (χ1) is 6.63. The molecule has 0 heterocycles. The molecule has 0 fully saturated rings. The van der Waals surface area contributed by atoms with Crippen molar-refractivity contribution in [2.24, 2.45) is 0 Å². The highest BCUT2D eigenvalue weighted by atomic mass is 127. The first-order valence-electron chi connectivity index (χ1n) is 3.71. The van der Waals surface area contributed by atoms with Gasteiger partial charge in [0.15, 0.2) is 0 Å². The summed E-state index contributed by atoms with van der Waals surface area (Å²) in [6.45, 7) is 0. The van der Waals surface area contributed by atoms with Crippen LogP contribution in [0.2, 0.25) is 0 Å². The Kier molecular flexibility index (Phi) is 3.87. The van der Waals surface area contributed by atoms with E-state index < -0.39 is 5.97 Å². The summed E-state index contributed by atoms with van der Waals surface area (Å²) in [6.07, 6.45) is 0. The third-order valence-corrected chi connectivity index (χ3v) is 2.05. The van der Waals surface area contributed by atoms with Crippen LogP contribution in [0.1, 0.15) is 10.4 Å². The summed E-state index contributed by atoms with van der Waals surface area (Å²) in [7, 11) is 0. The molecular weight excluding hydrogens is 299 g/mol. The fraction of sp³-hybridized carbons (Fsp3) is 0.111. The van der Waals surface area contributed by atoms with Gasteiger partial charge in [0.05, 0.1) is 10.4 Å². The van der Waals surface area contributed by atoms with Crippen LogP contribution in [0, 0.1) is 0 Å². The van der Waals surface area contributed by atoms with Gasteiger partial charge in [0, 0.05) is 0 Å². The lowest BCUT2D eigenvalue weighted by Crippen LogP contribution is -2.22. The third-order valence-electron chi connectivity index (χ3n) is 1.43. The van der Waals surface area contributed by atoms with Crippen molar-refractivity contribution >= 4 is 34.5 Å². The van der Waals surface area contributed by atoms with Crippen LogP contribution in [-0.2, 0) is 4.79 Å². The molecule has 0 aromatic heterocycles. The molecule has 0 saturated carbocycles. The lowest BCUT2D eigenvalue weighted by molar-refractivity contribution is -0.255. The highest BCUT2D eigenvalue weighted by Gasteiger charge is 2.01. The zero-order chi connectivity index (χ0) is 10.6. The van der Waals surface area contributed by atoms with E-state index in [0.717, 1.165) is 0 Å². The van der Waals surface area contributed by atoms with E-state index in [1.54, 1.807) is 0 Å². The number of benzene rings is 1. The molecule has 74 valence electrons. The van der Waals surface area contributed by atoms with E-state index in [1.165, 1.54) is 24.3 Å². The normalized spacial score (nSPS) is 9.50. The number of hydrogen-bond donors (Lipinski definition) is 0. The van der Waals surface area contributed by atoms with Crippen molar-refractivity contribution in [1.29, 1.82) is 0 Å². The molecule has 0 aliphatic heterocycles. The van der Waals surface area contributed by atoms with Gasteiger partial charge in [0.2, 0.25) is 0 Å². The number of carbonyl (C=O) groups excluding carboxylic acids is 2. The van der Waals surface area contributed by atoms with Gasteiger partial charge >= 0.3 is 5.97 Å². The molecular formula is C9H6IO4-. The number of esters is 1. The molecule has 0 radical (unpaired) electrons. The zero-order valence-corrected chi connectivity index (χ0v) is 9.18. The van der Waals surface area contributed by atoms with Gasteiger partial charge in [0.1, 0.15) is 5.75 Å². The van der Waals surface area contributed by atoms with Crippen LogP contribution in [0.3, 0.4) is 0 Å². The molecule has 0 amide bonds. The Labute approximate surface area is 94.0 Å². The number of aromatic carboxylic acids is 1. The monoisotopic (exact) mass is 305 g/mol. The van der Waals surface area contributed by atoms with Gasteiger partial charge in [-0.05, 0) is 29.8 Å². The summed E-state index contributed by atoms with van der Waals surface area (Å²) in [4.78, 5) is 21.2. The number of carboxylic acid groups (broad SMARTS) is 1. The zero-order valence-electron chi connectivity index (χ0n) is 7.03. The van der Waals surface area contributed by atoms with Gasteiger partial charge in [-0.25, -0.2) is 0 Å². The Morgan fingerprint density at radius 1 is 1.29 bits per heavy atom. The van der Waals surface area contributed by atoms with Gasteiger partial charge in [-0.3, -0.25) is 4.79 Å². The molecule has 0 spiro atoms. The maximum Gasteiger partial charge on any atom is 0.321 e. The van der Waals surface area contributed by atoms with Gasteiger partial charge < -0.3 is 14.6 Å². The van der Waals surface area contributed by atoms with Crippen molar-refractivity contribution in [2.75, 3.05) is 4.43 Å². The van der Waals surface area contributed by atoms with Gasteiger partial charge in [-0.2, -0.15) is 0 Å². The molecule has 0 unspecified atom stereocenters. The smallest absolute Gasteiger partial charge is 0.321 e. The Hall–Kier alpha value is -1.11. The number of halogens is 1. The summed E-state index contributed by atoms with van der Waals surface area (Å²) >= 11 is 1.88. The maximum absolute atomic E-state index is 10.8. The van der Waals surface area contributed by atoms with Crippen molar-refractivity contribution in [3.05, 3.63) is 29.8 Å². The van der Waals surface area contributed by atoms with Crippen LogP contribution >= 0.6 is 22.6 Å². The second kappa shape index (κ2) is 4.94. The Bertz CT molecular complexity index is 344. The predicted octanol–water partition coefficient (Wildman–Crippen LogP) is 0.391. The fourth-order valence-electron chi connectivity index (χ4n) is 0.818. The lowest BCUT2D eigenvalue weighted by Gasteiger charge is -2.04. The molecule has 0 bridgehead atoms. The van der Waals surface area contributed by atoms with Crippen LogP contribution in [0.25, 0.3) is 0 Å². The predicted molar refractivity (Wildman–Crippen MR) is 55.3 cm³/mol.